The largest absolute Gasteiger partial charge is 0.506 e. The minimum Gasteiger partial charge on any atom is -0.506 e. The zero-order chi connectivity index (χ0) is 12.7. The van der Waals surface area contributed by atoms with Crippen LogP contribution in [0.4, 0.5) is 5.69 Å². The molecule has 0 atom stereocenters. The molecule has 17 heavy (non-hydrogen) atoms. The van der Waals surface area contributed by atoms with Crippen LogP contribution in [0.1, 0.15) is 0 Å². The standard InChI is InChI=1S/C11H14ClNO4/c1-16-4-5-17-7-11(15)13-8-2-3-10(14)9(12)6-8/h2-3,6,14H,4-5,7H2,1H3,(H,13,15). The third-order valence-corrected chi connectivity index (χ3v) is 2.20. The second-order valence-corrected chi connectivity index (χ2v) is 3.67. The van der Waals surface area contributed by atoms with Crippen LogP contribution in [0.5, 0.6) is 5.75 Å². The number of phenols is 1. The molecule has 0 heterocycles. The van der Waals surface area contributed by atoms with Crippen LogP contribution in [-0.4, -0.2) is 37.9 Å². The second-order valence-electron chi connectivity index (χ2n) is 3.26. The van der Waals surface area contributed by atoms with Gasteiger partial charge in [-0.25, -0.2) is 0 Å². The van der Waals surface area contributed by atoms with Gasteiger partial charge in [0.05, 0.1) is 18.2 Å². The van der Waals surface area contributed by atoms with E-state index in [1.165, 1.54) is 12.1 Å². The number of rotatable bonds is 6. The topological polar surface area (TPSA) is 67.8 Å². The summed E-state index contributed by atoms with van der Waals surface area (Å²) in [5.74, 6) is -0.316. The van der Waals surface area contributed by atoms with Crippen LogP contribution in [0.15, 0.2) is 18.2 Å². The molecule has 0 bridgehead atoms. The van der Waals surface area contributed by atoms with E-state index in [0.29, 0.717) is 18.9 Å². The van der Waals surface area contributed by atoms with Gasteiger partial charge in [-0.3, -0.25) is 4.79 Å². The Bertz CT molecular complexity index is 384. The van der Waals surface area contributed by atoms with Crippen molar-refractivity contribution in [3.05, 3.63) is 23.2 Å². The van der Waals surface area contributed by atoms with Crippen LogP contribution in [0.3, 0.4) is 0 Å². The van der Waals surface area contributed by atoms with E-state index in [2.05, 4.69) is 5.32 Å². The summed E-state index contributed by atoms with van der Waals surface area (Å²) in [6.45, 7) is 0.750. The summed E-state index contributed by atoms with van der Waals surface area (Å²) >= 11 is 5.69. The third kappa shape index (κ3) is 5.04. The molecule has 0 aliphatic heterocycles. The quantitative estimate of drug-likeness (QED) is 0.602. The number of hydrogen-bond acceptors (Lipinski definition) is 4. The number of halogens is 1. The molecule has 0 saturated carbocycles. The minimum absolute atomic E-state index is 0.0268. The van der Waals surface area contributed by atoms with Gasteiger partial charge in [-0.2, -0.15) is 0 Å². The lowest BCUT2D eigenvalue weighted by atomic mass is 10.3. The van der Waals surface area contributed by atoms with Crippen molar-refractivity contribution in [1.82, 2.24) is 0 Å². The lowest BCUT2D eigenvalue weighted by Gasteiger charge is -2.07. The molecule has 0 aromatic heterocycles. The smallest absolute Gasteiger partial charge is 0.250 e. The lowest BCUT2D eigenvalue weighted by molar-refractivity contribution is -0.121. The molecule has 1 rings (SSSR count). The highest BCUT2D eigenvalue weighted by Crippen LogP contribution is 2.25. The second kappa shape index (κ2) is 7.11. The first-order chi connectivity index (χ1) is 8.13. The molecule has 0 unspecified atom stereocenters. The van der Waals surface area contributed by atoms with Crippen molar-refractivity contribution in [2.24, 2.45) is 0 Å². The molecule has 94 valence electrons. The van der Waals surface area contributed by atoms with E-state index in [1.807, 2.05) is 0 Å². The zero-order valence-electron chi connectivity index (χ0n) is 9.40. The van der Waals surface area contributed by atoms with Gasteiger partial charge in [-0.05, 0) is 18.2 Å². The predicted octanol–water partition coefficient (Wildman–Crippen LogP) is 1.65. The molecule has 0 radical (unpaired) electrons. The molecule has 0 spiro atoms. The predicted molar refractivity (Wildman–Crippen MR) is 64.4 cm³/mol. The molecule has 0 aliphatic rings. The first-order valence-corrected chi connectivity index (χ1v) is 5.36. The molecule has 0 saturated heterocycles. The average molecular weight is 260 g/mol. The first kappa shape index (κ1) is 13.8. The fourth-order valence-electron chi connectivity index (χ4n) is 1.09. The minimum atomic E-state index is -0.289. The van der Waals surface area contributed by atoms with Gasteiger partial charge < -0.3 is 19.9 Å². The molecule has 1 aromatic rings. The Hall–Kier alpha value is -1.30. The molecule has 0 fully saturated rings. The zero-order valence-corrected chi connectivity index (χ0v) is 10.2. The van der Waals surface area contributed by atoms with Gasteiger partial charge in [-0.15, -0.1) is 0 Å². The molecule has 0 aliphatic carbocycles. The number of aromatic hydroxyl groups is 1. The van der Waals surface area contributed by atoms with Crippen molar-refractivity contribution in [3.8, 4) is 5.75 Å². The fraction of sp³-hybridized carbons (Fsp3) is 0.364. The number of phenolic OH excluding ortho intramolecular Hbond substituents is 1. The van der Waals surface area contributed by atoms with Gasteiger partial charge in [0.25, 0.3) is 0 Å². The summed E-state index contributed by atoms with van der Waals surface area (Å²) in [5, 5.41) is 12.0. The summed E-state index contributed by atoms with van der Waals surface area (Å²) in [6.07, 6.45) is 0. The monoisotopic (exact) mass is 259 g/mol. The highest BCUT2D eigenvalue weighted by Gasteiger charge is 2.04. The molecular weight excluding hydrogens is 246 g/mol. The molecular formula is C11H14ClNO4. The Balaban J connectivity index is 2.37. The van der Waals surface area contributed by atoms with E-state index >= 15 is 0 Å². The number of amides is 1. The normalized spacial score (nSPS) is 10.2. The number of benzene rings is 1. The van der Waals surface area contributed by atoms with Crippen LogP contribution < -0.4 is 5.32 Å². The lowest BCUT2D eigenvalue weighted by Crippen LogP contribution is -2.19. The van der Waals surface area contributed by atoms with Crippen LogP contribution in [0, 0.1) is 0 Å². The number of anilines is 1. The average Bonchev–Trinajstić information content (AvgIpc) is 2.30. The molecule has 1 amide bonds. The summed E-state index contributed by atoms with van der Waals surface area (Å²) < 4.78 is 9.81. The summed E-state index contributed by atoms with van der Waals surface area (Å²) in [5.41, 5.74) is 0.508. The van der Waals surface area contributed by atoms with Crippen molar-refractivity contribution in [1.29, 1.82) is 0 Å². The summed E-state index contributed by atoms with van der Waals surface area (Å²) in [4.78, 5) is 11.4. The van der Waals surface area contributed by atoms with Crippen molar-refractivity contribution in [3.63, 3.8) is 0 Å². The maximum Gasteiger partial charge on any atom is 0.250 e. The summed E-state index contributed by atoms with van der Waals surface area (Å²) in [6, 6.07) is 4.42. The van der Waals surface area contributed by atoms with E-state index in [1.54, 1.807) is 13.2 Å². The third-order valence-electron chi connectivity index (χ3n) is 1.90. The van der Waals surface area contributed by atoms with Crippen molar-refractivity contribution in [2.75, 3.05) is 32.2 Å². The van der Waals surface area contributed by atoms with Crippen LogP contribution in [-0.2, 0) is 14.3 Å². The van der Waals surface area contributed by atoms with Gasteiger partial charge in [0.1, 0.15) is 12.4 Å². The fourth-order valence-corrected chi connectivity index (χ4v) is 1.27. The first-order valence-electron chi connectivity index (χ1n) is 4.98. The SMILES string of the molecule is COCCOCC(=O)Nc1ccc(O)c(Cl)c1. The highest BCUT2D eigenvalue weighted by atomic mass is 35.5. The Morgan fingerprint density at radius 1 is 1.47 bits per heavy atom. The molecule has 2 N–H and O–H groups in total. The van der Waals surface area contributed by atoms with Gasteiger partial charge >= 0.3 is 0 Å². The van der Waals surface area contributed by atoms with Gasteiger partial charge in [-0.1, -0.05) is 11.6 Å². The maximum atomic E-state index is 11.4. The molecule has 1 aromatic carbocycles. The Morgan fingerprint density at radius 3 is 2.88 bits per heavy atom. The highest BCUT2D eigenvalue weighted by molar-refractivity contribution is 6.32. The van der Waals surface area contributed by atoms with Gasteiger partial charge in [0.15, 0.2) is 0 Å². The van der Waals surface area contributed by atoms with E-state index in [4.69, 9.17) is 21.1 Å². The number of methoxy groups -OCH3 is 1. The number of nitrogens with one attached hydrogen (secondary N) is 1. The maximum absolute atomic E-state index is 11.4. The van der Waals surface area contributed by atoms with E-state index < -0.39 is 0 Å². The number of carbonyl (C=O) groups is 1. The number of ether oxygens (including phenoxy) is 2. The van der Waals surface area contributed by atoms with Crippen LogP contribution in [0.2, 0.25) is 5.02 Å². The summed E-state index contributed by atoms with van der Waals surface area (Å²) in [7, 11) is 1.56. The van der Waals surface area contributed by atoms with E-state index in [0.717, 1.165) is 0 Å². The number of hydrogen-bond donors (Lipinski definition) is 2. The molecule has 5 nitrogen and oxygen atoms in total. The molecule has 6 heteroatoms. The number of carbonyl (C=O) groups excluding carboxylic acids is 1. The van der Waals surface area contributed by atoms with E-state index in [9.17, 15) is 9.90 Å². The van der Waals surface area contributed by atoms with Crippen molar-refractivity contribution in [2.45, 2.75) is 0 Å². The van der Waals surface area contributed by atoms with Gasteiger partial charge in [0.2, 0.25) is 5.91 Å². The van der Waals surface area contributed by atoms with E-state index in [-0.39, 0.29) is 23.3 Å². The van der Waals surface area contributed by atoms with Crippen molar-refractivity contribution < 1.29 is 19.4 Å². The van der Waals surface area contributed by atoms with Crippen LogP contribution >= 0.6 is 11.6 Å². The van der Waals surface area contributed by atoms with Crippen molar-refractivity contribution >= 4 is 23.2 Å². The Kier molecular flexibility index (Phi) is 5.76. The Morgan fingerprint density at radius 2 is 2.24 bits per heavy atom. The Labute approximate surface area is 104 Å². The van der Waals surface area contributed by atoms with Crippen LogP contribution in [0.25, 0.3) is 0 Å². The van der Waals surface area contributed by atoms with Gasteiger partial charge in [0, 0.05) is 12.8 Å².